The van der Waals surface area contributed by atoms with Gasteiger partial charge >= 0.3 is 5.97 Å². The highest BCUT2D eigenvalue weighted by molar-refractivity contribution is 5.71. The Labute approximate surface area is 116 Å². The number of nitrogens with zero attached hydrogens (tertiary/aromatic N) is 1. The molecule has 1 fully saturated rings. The molecule has 1 aromatic carbocycles. The van der Waals surface area contributed by atoms with Crippen molar-refractivity contribution in [1.29, 1.82) is 0 Å². The molecule has 1 saturated heterocycles. The summed E-state index contributed by atoms with van der Waals surface area (Å²) in [5, 5.41) is 9.11. The van der Waals surface area contributed by atoms with Gasteiger partial charge < -0.3 is 9.84 Å². The van der Waals surface area contributed by atoms with E-state index in [0.29, 0.717) is 13.2 Å². The van der Waals surface area contributed by atoms with Gasteiger partial charge in [-0.05, 0) is 18.7 Å². The molecule has 0 saturated carbocycles. The van der Waals surface area contributed by atoms with Gasteiger partial charge in [-0.3, -0.25) is 9.69 Å². The highest BCUT2D eigenvalue weighted by atomic mass is 19.3. The zero-order chi connectivity index (χ0) is 14.7. The molecular formula is C14H17F2NO3. The van der Waals surface area contributed by atoms with Crippen LogP contribution >= 0.6 is 0 Å². The molecule has 1 aliphatic rings. The second-order valence-electron chi connectivity index (χ2n) is 5.01. The molecule has 0 amide bonds. The Morgan fingerprint density at radius 1 is 1.50 bits per heavy atom. The van der Waals surface area contributed by atoms with Crippen molar-refractivity contribution in [1.82, 2.24) is 4.90 Å². The van der Waals surface area contributed by atoms with Gasteiger partial charge in [0.15, 0.2) is 0 Å². The molecule has 0 aromatic heterocycles. The monoisotopic (exact) mass is 285 g/mol. The number of halogens is 2. The lowest BCUT2D eigenvalue weighted by atomic mass is 10.0. The molecule has 110 valence electrons. The predicted octanol–water partition coefficient (Wildman–Crippen LogP) is 2.16. The van der Waals surface area contributed by atoms with Crippen molar-refractivity contribution < 1.29 is 23.4 Å². The first-order chi connectivity index (χ1) is 9.49. The van der Waals surface area contributed by atoms with Crippen LogP contribution in [0.3, 0.4) is 0 Å². The quantitative estimate of drug-likeness (QED) is 0.900. The van der Waals surface area contributed by atoms with Gasteiger partial charge in [0.25, 0.3) is 6.43 Å². The van der Waals surface area contributed by atoms with Gasteiger partial charge in [0.2, 0.25) is 0 Å². The Hall–Kier alpha value is -1.53. The van der Waals surface area contributed by atoms with Crippen LogP contribution in [-0.2, 0) is 16.1 Å². The number of rotatable bonds is 5. The number of carbonyl (C=O) groups is 1. The highest BCUT2D eigenvalue weighted by Gasteiger charge is 2.36. The maximum absolute atomic E-state index is 12.6. The van der Waals surface area contributed by atoms with Gasteiger partial charge in [-0.25, -0.2) is 8.78 Å². The van der Waals surface area contributed by atoms with Gasteiger partial charge in [-0.15, -0.1) is 0 Å². The van der Waals surface area contributed by atoms with E-state index >= 15 is 0 Å². The van der Waals surface area contributed by atoms with Crippen LogP contribution < -0.4 is 0 Å². The van der Waals surface area contributed by atoms with Gasteiger partial charge in [-0.2, -0.15) is 0 Å². The van der Waals surface area contributed by atoms with E-state index in [2.05, 4.69) is 0 Å². The molecule has 2 atom stereocenters. The highest BCUT2D eigenvalue weighted by Crippen LogP contribution is 2.23. The minimum Gasteiger partial charge on any atom is -0.481 e. The number of benzene rings is 1. The molecule has 6 heteroatoms. The fraction of sp³-hybridized carbons (Fsp3) is 0.500. The van der Waals surface area contributed by atoms with Crippen LogP contribution in [0.1, 0.15) is 17.6 Å². The van der Waals surface area contributed by atoms with Crippen LogP contribution in [0.25, 0.3) is 0 Å². The van der Waals surface area contributed by atoms with E-state index in [1.54, 1.807) is 19.2 Å². The Morgan fingerprint density at radius 2 is 2.25 bits per heavy atom. The van der Waals surface area contributed by atoms with Crippen LogP contribution in [0.15, 0.2) is 24.3 Å². The summed E-state index contributed by atoms with van der Waals surface area (Å²) in [6.45, 7) is 0.960. The summed E-state index contributed by atoms with van der Waals surface area (Å²) in [4.78, 5) is 13.0. The number of likely N-dealkylation sites (N-methyl/N-ethyl adjacent to an activating group) is 1. The molecule has 1 N–H and O–H groups in total. The zero-order valence-electron chi connectivity index (χ0n) is 11.1. The van der Waals surface area contributed by atoms with Gasteiger partial charge in [0, 0.05) is 18.2 Å². The van der Waals surface area contributed by atoms with E-state index in [-0.39, 0.29) is 18.2 Å². The minimum absolute atomic E-state index is 0.0200. The molecular weight excluding hydrogens is 268 g/mol. The van der Waals surface area contributed by atoms with Crippen molar-refractivity contribution in [3.05, 3.63) is 35.4 Å². The second kappa shape index (κ2) is 6.28. The van der Waals surface area contributed by atoms with Crippen molar-refractivity contribution in [3.8, 4) is 0 Å². The lowest BCUT2D eigenvalue weighted by Crippen LogP contribution is -2.40. The summed E-state index contributed by atoms with van der Waals surface area (Å²) < 4.78 is 30.5. The largest absolute Gasteiger partial charge is 0.481 e. The molecule has 0 aliphatic carbocycles. The predicted molar refractivity (Wildman–Crippen MR) is 68.6 cm³/mol. The number of carboxylic acid groups (broad SMARTS) is 1. The Bertz CT molecular complexity index is 481. The molecule has 1 aliphatic heterocycles. The molecule has 0 bridgehead atoms. The first kappa shape index (κ1) is 14.9. The number of hydrogen-bond donors (Lipinski definition) is 1. The lowest BCUT2D eigenvalue weighted by Gasteiger charge is -2.26. The fourth-order valence-corrected chi connectivity index (χ4v) is 2.45. The number of hydrogen-bond acceptors (Lipinski definition) is 3. The van der Waals surface area contributed by atoms with E-state index in [9.17, 15) is 13.6 Å². The lowest BCUT2D eigenvalue weighted by molar-refractivity contribution is -0.143. The Balaban J connectivity index is 2.05. The summed E-state index contributed by atoms with van der Waals surface area (Å²) in [7, 11) is 1.78. The van der Waals surface area contributed by atoms with E-state index in [1.807, 2.05) is 4.90 Å². The van der Waals surface area contributed by atoms with Crippen LogP contribution in [0.5, 0.6) is 0 Å². The standard InChI is InChI=1S/C14H17F2NO3/c1-17(12-8-20-7-11(12)14(18)19)6-9-3-2-4-10(5-9)13(15)16/h2-5,11-13H,6-8H2,1H3,(H,18,19). The van der Waals surface area contributed by atoms with Crippen LogP contribution in [0.4, 0.5) is 8.78 Å². The number of ether oxygens (including phenoxy) is 1. The number of carboxylic acids is 1. The first-order valence-corrected chi connectivity index (χ1v) is 6.37. The molecule has 1 heterocycles. The molecule has 4 nitrogen and oxygen atoms in total. The topological polar surface area (TPSA) is 49.8 Å². The fourth-order valence-electron chi connectivity index (χ4n) is 2.45. The summed E-state index contributed by atoms with van der Waals surface area (Å²) in [6, 6.07) is 5.95. The van der Waals surface area contributed by atoms with Gasteiger partial charge in [0.1, 0.15) is 0 Å². The van der Waals surface area contributed by atoms with Crippen LogP contribution in [0, 0.1) is 5.92 Å². The Kier molecular flexibility index (Phi) is 4.67. The number of alkyl halides is 2. The SMILES string of the molecule is CN(Cc1cccc(C(F)F)c1)C1COCC1C(=O)O. The molecule has 0 radical (unpaired) electrons. The normalized spacial score (nSPS) is 22.6. The summed E-state index contributed by atoms with van der Waals surface area (Å²) >= 11 is 0. The van der Waals surface area contributed by atoms with Crippen molar-refractivity contribution in [2.45, 2.75) is 19.0 Å². The van der Waals surface area contributed by atoms with E-state index in [4.69, 9.17) is 9.84 Å². The number of aliphatic carboxylic acids is 1. The average Bonchev–Trinajstić information content (AvgIpc) is 2.88. The maximum atomic E-state index is 12.6. The summed E-state index contributed by atoms with van der Waals surface area (Å²) in [5.74, 6) is -1.46. The third kappa shape index (κ3) is 3.32. The van der Waals surface area contributed by atoms with Gasteiger partial charge in [0.05, 0.1) is 19.1 Å². The van der Waals surface area contributed by atoms with Crippen molar-refractivity contribution >= 4 is 5.97 Å². The molecule has 2 unspecified atom stereocenters. The maximum Gasteiger partial charge on any atom is 0.310 e. The summed E-state index contributed by atoms with van der Waals surface area (Å²) in [6.07, 6.45) is -2.50. The van der Waals surface area contributed by atoms with Crippen molar-refractivity contribution in [2.24, 2.45) is 5.92 Å². The average molecular weight is 285 g/mol. The summed E-state index contributed by atoms with van der Waals surface area (Å²) in [5.41, 5.74) is 0.717. The molecule has 1 aromatic rings. The third-order valence-electron chi connectivity index (χ3n) is 3.57. The van der Waals surface area contributed by atoms with E-state index in [0.717, 1.165) is 5.56 Å². The van der Waals surface area contributed by atoms with E-state index in [1.165, 1.54) is 12.1 Å². The molecule has 0 spiro atoms. The third-order valence-corrected chi connectivity index (χ3v) is 3.57. The molecule has 2 rings (SSSR count). The van der Waals surface area contributed by atoms with Crippen LogP contribution in [0.2, 0.25) is 0 Å². The zero-order valence-corrected chi connectivity index (χ0v) is 11.1. The van der Waals surface area contributed by atoms with Crippen LogP contribution in [-0.4, -0.2) is 42.3 Å². The molecule has 20 heavy (non-hydrogen) atoms. The Morgan fingerprint density at radius 3 is 2.90 bits per heavy atom. The van der Waals surface area contributed by atoms with Crippen molar-refractivity contribution in [2.75, 3.05) is 20.3 Å². The second-order valence-corrected chi connectivity index (χ2v) is 5.01. The minimum atomic E-state index is -2.50. The smallest absolute Gasteiger partial charge is 0.310 e. The van der Waals surface area contributed by atoms with Crippen molar-refractivity contribution in [3.63, 3.8) is 0 Å². The first-order valence-electron chi connectivity index (χ1n) is 6.37. The van der Waals surface area contributed by atoms with E-state index < -0.39 is 18.3 Å². The van der Waals surface area contributed by atoms with Gasteiger partial charge in [-0.1, -0.05) is 18.2 Å².